The second kappa shape index (κ2) is 11.4. The Bertz CT molecular complexity index is 1520. The largest absolute Gasteiger partial charge is 0.490 e. The maximum absolute atomic E-state index is 14.7. The van der Waals surface area contributed by atoms with Crippen LogP contribution >= 0.6 is 11.6 Å². The normalized spacial score (nSPS) is 16.6. The van der Waals surface area contributed by atoms with Gasteiger partial charge in [0.1, 0.15) is 12.7 Å². The third-order valence-corrected chi connectivity index (χ3v) is 6.16. The van der Waals surface area contributed by atoms with Gasteiger partial charge in [0.05, 0.1) is 22.6 Å². The Morgan fingerprint density at radius 2 is 1.73 bits per heavy atom. The lowest BCUT2D eigenvalue weighted by atomic mass is 10.0. The summed E-state index contributed by atoms with van der Waals surface area (Å²) in [6, 6.07) is 15.5. The van der Waals surface area contributed by atoms with Gasteiger partial charge >= 0.3 is 12.1 Å². The molecule has 4 aromatic rings. The SMILES string of the molecule is O=C(O)C(F)(F)F.O=C(c1cc(-n2cnnc2)ccc1Cl)N1CCC(F)(F)[C@@H](Oc2ccc3ccccc3n2)C1. The maximum atomic E-state index is 14.7. The highest BCUT2D eigenvalue weighted by Crippen LogP contribution is 2.33. The second-order valence-corrected chi connectivity index (χ2v) is 8.95. The Labute approximate surface area is 227 Å². The van der Waals surface area contributed by atoms with Gasteiger partial charge in [0.25, 0.3) is 11.8 Å². The number of pyridine rings is 1. The minimum Gasteiger partial charge on any atom is -0.475 e. The number of carboxylic acids is 1. The molecule has 1 aliphatic heterocycles. The van der Waals surface area contributed by atoms with Crippen molar-refractivity contribution in [2.45, 2.75) is 24.6 Å². The molecular weight excluding hydrogens is 565 g/mol. The lowest BCUT2D eigenvalue weighted by molar-refractivity contribution is -0.192. The number of carboxylic acid groups (broad SMARTS) is 1. The molecule has 0 saturated carbocycles. The zero-order valence-electron chi connectivity index (χ0n) is 20.2. The van der Waals surface area contributed by atoms with E-state index < -0.39 is 36.5 Å². The van der Waals surface area contributed by atoms with E-state index in [2.05, 4.69) is 15.2 Å². The van der Waals surface area contributed by atoms with Gasteiger partial charge < -0.3 is 14.7 Å². The first-order chi connectivity index (χ1) is 18.8. The molecule has 1 amide bonds. The van der Waals surface area contributed by atoms with E-state index in [9.17, 15) is 26.7 Å². The summed E-state index contributed by atoms with van der Waals surface area (Å²) in [5.74, 6) is -6.24. The summed E-state index contributed by atoms with van der Waals surface area (Å²) < 4.78 is 68.4. The number of amides is 1. The van der Waals surface area contributed by atoms with Crippen molar-refractivity contribution in [1.82, 2.24) is 24.6 Å². The molecule has 0 aliphatic carbocycles. The monoisotopic (exact) mass is 583 g/mol. The lowest BCUT2D eigenvalue weighted by Crippen LogP contribution is -2.55. The summed E-state index contributed by atoms with van der Waals surface area (Å²) >= 11 is 6.27. The van der Waals surface area contributed by atoms with E-state index in [0.717, 1.165) is 5.39 Å². The van der Waals surface area contributed by atoms with Gasteiger partial charge in [-0.15, -0.1) is 10.2 Å². The van der Waals surface area contributed by atoms with Crippen LogP contribution in [0.2, 0.25) is 5.02 Å². The molecular formula is C25H19ClF5N5O4. The third-order valence-electron chi connectivity index (χ3n) is 5.84. The van der Waals surface area contributed by atoms with Crippen molar-refractivity contribution >= 4 is 34.4 Å². The minimum atomic E-state index is -5.08. The van der Waals surface area contributed by atoms with E-state index in [-0.39, 0.29) is 29.6 Å². The number of para-hydroxylation sites is 1. The number of likely N-dealkylation sites (tertiary alicyclic amines) is 1. The highest BCUT2D eigenvalue weighted by atomic mass is 35.5. The van der Waals surface area contributed by atoms with Crippen LogP contribution in [-0.4, -0.2) is 72.9 Å². The molecule has 0 radical (unpaired) electrons. The van der Waals surface area contributed by atoms with Crippen LogP contribution in [0.25, 0.3) is 16.6 Å². The van der Waals surface area contributed by atoms with Crippen LogP contribution in [0.4, 0.5) is 22.0 Å². The van der Waals surface area contributed by atoms with Crippen molar-refractivity contribution in [3.05, 3.63) is 77.8 Å². The summed E-state index contributed by atoms with van der Waals surface area (Å²) in [5.41, 5.74) is 1.47. The van der Waals surface area contributed by atoms with Gasteiger partial charge in [-0.25, -0.2) is 18.6 Å². The zero-order valence-corrected chi connectivity index (χ0v) is 21.0. The summed E-state index contributed by atoms with van der Waals surface area (Å²) in [7, 11) is 0. The number of alkyl halides is 5. The molecule has 40 heavy (non-hydrogen) atoms. The van der Waals surface area contributed by atoms with E-state index in [4.69, 9.17) is 26.2 Å². The number of carbonyl (C=O) groups is 2. The molecule has 1 aliphatic rings. The van der Waals surface area contributed by atoms with Crippen LogP contribution in [0.3, 0.4) is 0 Å². The van der Waals surface area contributed by atoms with Crippen LogP contribution in [-0.2, 0) is 4.79 Å². The van der Waals surface area contributed by atoms with Crippen LogP contribution in [0, 0.1) is 0 Å². The Balaban J connectivity index is 0.000000470. The first kappa shape index (κ1) is 28.7. The molecule has 2 aromatic carbocycles. The number of hydrogen-bond acceptors (Lipinski definition) is 6. The van der Waals surface area contributed by atoms with Crippen molar-refractivity contribution in [1.29, 1.82) is 0 Å². The Morgan fingerprint density at radius 3 is 2.40 bits per heavy atom. The van der Waals surface area contributed by atoms with Crippen molar-refractivity contribution < 1.29 is 41.4 Å². The van der Waals surface area contributed by atoms with Crippen LogP contribution < -0.4 is 4.74 Å². The predicted molar refractivity (Wildman–Crippen MR) is 132 cm³/mol. The fourth-order valence-electron chi connectivity index (χ4n) is 3.78. The first-order valence-electron chi connectivity index (χ1n) is 11.5. The van der Waals surface area contributed by atoms with Gasteiger partial charge in [-0.3, -0.25) is 9.36 Å². The first-order valence-corrected chi connectivity index (χ1v) is 11.9. The molecule has 0 spiro atoms. The third kappa shape index (κ3) is 6.62. The van der Waals surface area contributed by atoms with Crippen LogP contribution in [0.1, 0.15) is 16.8 Å². The highest BCUT2D eigenvalue weighted by Gasteiger charge is 2.47. The summed E-state index contributed by atoms with van der Waals surface area (Å²) in [6.45, 7) is -0.419. The van der Waals surface area contributed by atoms with Gasteiger partial charge in [-0.05, 0) is 30.3 Å². The average molecular weight is 584 g/mol. The number of piperidine rings is 1. The number of carbonyl (C=O) groups excluding carboxylic acids is 1. The molecule has 0 bridgehead atoms. The van der Waals surface area contributed by atoms with E-state index in [1.807, 2.05) is 18.2 Å². The lowest BCUT2D eigenvalue weighted by Gasteiger charge is -2.38. The molecule has 1 fully saturated rings. The van der Waals surface area contributed by atoms with Gasteiger partial charge in [0.15, 0.2) is 6.10 Å². The zero-order chi connectivity index (χ0) is 29.1. The van der Waals surface area contributed by atoms with Crippen molar-refractivity contribution in [2.24, 2.45) is 0 Å². The number of benzene rings is 2. The average Bonchev–Trinajstić information content (AvgIpc) is 3.45. The number of rotatable bonds is 4. The highest BCUT2D eigenvalue weighted by molar-refractivity contribution is 6.33. The molecule has 1 saturated heterocycles. The number of aromatic nitrogens is 4. The number of nitrogens with zero attached hydrogens (tertiary/aromatic N) is 5. The number of hydrogen-bond donors (Lipinski definition) is 1. The van der Waals surface area contributed by atoms with E-state index in [1.165, 1.54) is 17.6 Å². The Kier molecular flexibility index (Phi) is 8.18. The Morgan fingerprint density at radius 1 is 1.05 bits per heavy atom. The molecule has 0 unspecified atom stereocenters. The van der Waals surface area contributed by atoms with Crippen molar-refractivity contribution in [2.75, 3.05) is 13.1 Å². The molecule has 2 aromatic heterocycles. The second-order valence-electron chi connectivity index (χ2n) is 8.55. The van der Waals surface area contributed by atoms with E-state index >= 15 is 0 Å². The van der Waals surface area contributed by atoms with Crippen LogP contribution in [0.5, 0.6) is 5.88 Å². The Hall–Kier alpha value is -4.33. The maximum Gasteiger partial charge on any atom is 0.490 e. The molecule has 3 heterocycles. The van der Waals surface area contributed by atoms with Gasteiger partial charge in [-0.2, -0.15) is 13.2 Å². The number of aliphatic carboxylic acids is 1. The van der Waals surface area contributed by atoms with Gasteiger partial charge in [-0.1, -0.05) is 29.8 Å². The molecule has 9 nitrogen and oxygen atoms in total. The molecule has 210 valence electrons. The molecule has 1 N–H and O–H groups in total. The van der Waals surface area contributed by atoms with Gasteiger partial charge in [0.2, 0.25) is 5.88 Å². The topological polar surface area (TPSA) is 110 Å². The van der Waals surface area contributed by atoms with Crippen molar-refractivity contribution in [3.63, 3.8) is 0 Å². The quantitative estimate of drug-likeness (QED) is 0.336. The fourth-order valence-corrected chi connectivity index (χ4v) is 3.98. The molecule has 5 rings (SSSR count). The summed E-state index contributed by atoms with van der Waals surface area (Å²) in [4.78, 5) is 27.8. The van der Waals surface area contributed by atoms with E-state index in [0.29, 0.717) is 11.2 Å². The standard InChI is InChI=1S/C23H18ClF2N5O2.C2HF3O2/c24-18-7-6-16(31-13-27-28-14-31)11-17(18)22(32)30-10-9-23(25,26)20(12-30)33-21-8-5-15-3-1-2-4-19(15)29-21;3-2(4,5)1(6)7/h1-8,11,13-14,20H,9-10,12H2;(H,6,7)/t20-;/m0./s1. The molecule has 1 atom stereocenters. The number of fused-ring (bicyclic) bond motifs is 1. The van der Waals surface area contributed by atoms with E-state index in [1.54, 1.807) is 41.0 Å². The predicted octanol–water partition coefficient (Wildman–Crippen LogP) is 5.03. The number of ether oxygens (including phenoxy) is 1. The molecule has 15 heteroatoms. The van der Waals surface area contributed by atoms with Crippen molar-refractivity contribution in [3.8, 4) is 11.6 Å². The smallest absolute Gasteiger partial charge is 0.475 e. The van der Waals surface area contributed by atoms with Crippen LogP contribution in [0.15, 0.2) is 67.3 Å². The number of halogens is 6. The minimum absolute atomic E-state index is 0.0836. The van der Waals surface area contributed by atoms with Gasteiger partial charge in [0, 0.05) is 30.1 Å². The summed E-state index contributed by atoms with van der Waals surface area (Å²) in [6.07, 6.45) is -4.18. The summed E-state index contributed by atoms with van der Waals surface area (Å²) in [5, 5.41) is 15.7. The fraction of sp³-hybridized carbons (Fsp3) is 0.240.